The fourth-order valence-electron chi connectivity index (χ4n) is 1.25. The zero-order valence-electron chi connectivity index (χ0n) is 9.42. The quantitative estimate of drug-likeness (QED) is 0.482. The van der Waals surface area contributed by atoms with E-state index >= 15 is 0 Å². The predicted molar refractivity (Wildman–Crippen MR) is 65.2 cm³/mol. The van der Waals surface area contributed by atoms with Crippen molar-refractivity contribution < 1.29 is 22.7 Å². The minimum atomic E-state index is -4.36. The predicted octanol–water partition coefficient (Wildman–Crippen LogP) is 3.66. The zero-order chi connectivity index (χ0) is 13.8. The van der Waals surface area contributed by atoms with E-state index in [0.717, 1.165) is 12.1 Å². The molecule has 1 aromatic rings. The van der Waals surface area contributed by atoms with Gasteiger partial charge in [0.05, 0.1) is 12.7 Å². The molecular formula is C12H10BrF3O2. The lowest BCUT2D eigenvalue weighted by molar-refractivity contribution is -0.138. The van der Waals surface area contributed by atoms with Crippen LogP contribution in [0.25, 0.3) is 6.08 Å². The average Bonchev–Trinajstić information content (AvgIpc) is 2.34. The highest BCUT2D eigenvalue weighted by molar-refractivity contribution is 9.09. The molecule has 0 N–H and O–H groups in total. The van der Waals surface area contributed by atoms with Gasteiger partial charge < -0.3 is 4.74 Å². The second kappa shape index (κ2) is 6.04. The van der Waals surface area contributed by atoms with Crippen LogP contribution in [0.3, 0.4) is 0 Å². The lowest BCUT2D eigenvalue weighted by atomic mass is 10.1. The molecule has 0 atom stereocenters. The molecule has 0 saturated heterocycles. The van der Waals surface area contributed by atoms with Crippen LogP contribution in [0.5, 0.6) is 0 Å². The van der Waals surface area contributed by atoms with Crippen LogP contribution >= 0.6 is 15.9 Å². The van der Waals surface area contributed by atoms with Crippen molar-refractivity contribution in [3.05, 3.63) is 41.0 Å². The second-order valence-corrected chi connectivity index (χ2v) is 3.98. The first-order valence-electron chi connectivity index (χ1n) is 4.90. The SMILES string of the molecule is COC(=O)/C(=C\c1ccc(C(F)(F)F)cc1)CBr. The first kappa shape index (κ1) is 14.8. The van der Waals surface area contributed by atoms with Crippen LogP contribution in [0, 0.1) is 0 Å². The van der Waals surface area contributed by atoms with Gasteiger partial charge in [-0.2, -0.15) is 13.2 Å². The van der Waals surface area contributed by atoms with Crippen molar-refractivity contribution in [1.29, 1.82) is 0 Å². The molecule has 1 rings (SSSR count). The molecule has 2 nitrogen and oxygen atoms in total. The Hall–Kier alpha value is -1.30. The van der Waals surface area contributed by atoms with Crippen molar-refractivity contribution in [2.24, 2.45) is 0 Å². The summed E-state index contributed by atoms with van der Waals surface area (Å²) in [5.41, 5.74) is 0.109. The number of hydrogen-bond acceptors (Lipinski definition) is 2. The molecule has 0 fully saturated rings. The van der Waals surface area contributed by atoms with E-state index < -0.39 is 17.7 Å². The first-order chi connectivity index (χ1) is 8.38. The van der Waals surface area contributed by atoms with Crippen LogP contribution in [0.2, 0.25) is 0 Å². The number of halogens is 4. The van der Waals surface area contributed by atoms with Gasteiger partial charge in [-0.15, -0.1) is 0 Å². The van der Waals surface area contributed by atoms with Crippen LogP contribution in [0.4, 0.5) is 13.2 Å². The minimum absolute atomic E-state index is 0.265. The third-order valence-electron chi connectivity index (χ3n) is 2.17. The van der Waals surface area contributed by atoms with E-state index in [1.165, 1.54) is 25.3 Å². The summed E-state index contributed by atoms with van der Waals surface area (Å²) in [6.07, 6.45) is -2.89. The number of benzene rings is 1. The van der Waals surface area contributed by atoms with Crippen LogP contribution in [-0.4, -0.2) is 18.4 Å². The maximum atomic E-state index is 12.3. The molecule has 6 heteroatoms. The Morgan fingerprint density at radius 2 is 1.89 bits per heavy atom. The van der Waals surface area contributed by atoms with Gasteiger partial charge in [-0.05, 0) is 23.8 Å². The molecule has 0 saturated carbocycles. The molecule has 98 valence electrons. The van der Waals surface area contributed by atoms with Gasteiger partial charge in [-0.25, -0.2) is 4.79 Å². The maximum Gasteiger partial charge on any atom is 0.416 e. The summed E-state index contributed by atoms with van der Waals surface area (Å²) in [5, 5.41) is 0.265. The van der Waals surface area contributed by atoms with Crippen LogP contribution in [0.1, 0.15) is 11.1 Å². The molecule has 18 heavy (non-hydrogen) atoms. The Balaban J connectivity index is 2.98. The molecular weight excluding hydrogens is 313 g/mol. The fourth-order valence-corrected chi connectivity index (χ4v) is 1.64. The fraction of sp³-hybridized carbons (Fsp3) is 0.250. The molecule has 0 radical (unpaired) electrons. The molecule has 0 bridgehead atoms. The Bertz CT molecular complexity index is 449. The van der Waals surface area contributed by atoms with E-state index in [0.29, 0.717) is 11.1 Å². The van der Waals surface area contributed by atoms with Gasteiger partial charge in [-0.3, -0.25) is 0 Å². The molecule has 0 aromatic heterocycles. The third-order valence-corrected chi connectivity index (χ3v) is 2.77. The van der Waals surface area contributed by atoms with Gasteiger partial charge in [0.15, 0.2) is 0 Å². The van der Waals surface area contributed by atoms with Crippen LogP contribution in [0.15, 0.2) is 29.8 Å². The van der Waals surface area contributed by atoms with Gasteiger partial charge in [0.1, 0.15) is 0 Å². The van der Waals surface area contributed by atoms with Gasteiger partial charge in [-0.1, -0.05) is 28.1 Å². The monoisotopic (exact) mass is 322 g/mol. The van der Waals surface area contributed by atoms with Crippen molar-refractivity contribution >= 4 is 28.0 Å². The second-order valence-electron chi connectivity index (χ2n) is 3.41. The number of methoxy groups -OCH3 is 1. The molecule has 0 spiro atoms. The number of carbonyl (C=O) groups excluding carboxylic acids is 1. The van der Waals surface area contributed by atoms with Crippen molar-refractivity contribution in [3.8, 4) is 0 Å². The maximum absolute atomic E-state index is 12.3. The Kier molecular flexibility index (Phi) is 4.95. The van der Waals surface area contributed by atoms with E-state index in [2.05, 4.69) is 20.7 Å². The Labute approximate surface area is 111 Å². The minimum Gasteiger partial charge on any atom is -0.466 e. The summed E-state index contributed by atoms with van der Waals surface area (Å²) in [6.45, 7) is 0. The Morgan fingerprint density at radius 1 is 1.33 bits per heavy atom. The molecule has 1 aromatic carbocycles. The number of carbonyl (C=O) groups is 1. The van der Waals surface area contributed by atoms with Gasteiger partial charge >= 0.3 is 12.1 Å². The number of esters is 1. The number of ether oxygens (including phenoxy) is 1. The number of alkyl halides is 4. The van der Waals surface area contributed by atoms with E-state index in [-0.39, 0.29) is 5.33 Å². The molecule has 0 amide bonds. The lowest BCUT2D eigenvalue weighted by Crippen LogP contribution is -2.06. The highest BCUT2D eigenvalue weighted by Crippen LogP contribution is 2.29. The molecule has 0 aliphatic rings. The lowest BCUT2D eigenvalue weighted by Gasteiger charge is -2.06. The molecule has 0 aliphatic carbocycles. The van der Waals surface area contributed by atoms with E-state index in [4.69, 9.17) is 0 Å². The van der Waals surface area contributed by atoms with Crippen molar-refractivity contribution in [2.45, 2.75) is 6.18 Å². The van der Waals surface area contributed by atoms with Crippen molar-refractivity contribution in [2.75, 3.05) is 12.4 Å². The smallest absolute Gasteiger partial charge is 0.416 e. The standard InChI is InChI=1S/C12H10BrF3O2/c1-18-11(17)9(7-13)6-8-2-4-10(5-3-8)12(14,15)16/h2-6H,7H2,1H3/b9-6-. The molecule has 0 aliphatic heterocycles. The number of rotatable bonds is 3. The average molecular weight is 323 g/mol. The molecule has 0 unspecified atom stereocenters. The summed E-state index contributed by atoms with van der Waals surface area (Å²) in [6, 6.07) is 4.53. The first-order valence-corrected chi connectivity index (χ1v) is 6.02. The van der Waals surface area contributed by atoms with E-state index in [1.807, 2.05) is 0 Å². The van der Waals surface area contributed by atoms with Crippen molar-refractivity contribution in [3.63, 3.8) is 0 Å². The molecule has 0 heterocycles. The summed E-state index contributed by atoms with van der Waals surface area (Å²) in [7, 11) is 1.24. The van der Waals surface area contributed by atoms with Crippen LogP contribution < -0.4 is 0 Å². The van der Waals surface area contributed by atoms with Gasteiger partial charge in [0, 0.05) is 10.9 Å². The summed E-state index contributed by atoms with van der Waals surface area (Å²) in [5.74, 6) is -0.522. The Morgan fingerprint density at radius 3 is 2.28 bits per heavy atom. The number of hydrogen-bond donors (Lipinski definition) is 0. The summed E-state index contributed by atoms with van der Waals surface area (Å²) < 4.78 is 41.5. The highest BCUT2D eigenvalue weighted by atomic mass is 79.9. The van der Waals surface area contributed by atoms with Gasteiger partial charge in [0.2, 0.25) is 0 Å². The van der Waals surface area contributed by atoms with Crippen molar-refractivity contribution in [1.82, 2.24) is 0 Å². The van der Waals surface area contributed by atoms with Crippen LogP contribution in [-0.2, 0) is 15.7 Å². The summed E-state index contributed by atoms with van der Waals surface area (Å²) >= 11 is 3.11. The largest absolute Gasteiger partial charge is 0.466 e. The topological polar surface area (TPSA) is 26.3 Å². The zero-order valence-corrected chi connectivity index (χ0v) is 11.0. The van der Waals surface area contributed by atoms with E-state index in [1.54, 1.807) is 0 Å². The van der Waals surface area contributed by atoms with E-state index in [9.17, 15) is 18.0 Å². The normalized spacial score (nSPS) is 12.4. The summed E-state index contributed by atoms with van der Waals surface area (Å²) in [4.78, 5) is 11.3. The van der Waals surface area contributed by atoms with Gasteiger partial charge in [0.25, 0.3) is 0 Å². The highest BCUT2D eigenvalue weighted by Gasteiger charge is 2.29. The third kappa shape index (κ3) is 3.87.